The Morgan fingerprint density at radius 2 is 1.84 bits per heavy atom. The Morgan fingerprint density at radius 1 is 1.26 bits per heavy atom. The maximum absolute atomic E-state index is 12.4. The van der Waals surface area contributed by atoms with Gasteiger partial charge in [0.05, 0.1) is 5.56 Å². The van der Waals surface area contributed by atoms with E-state index in [1.165, 1.54) is 19.1 Å². The van der Waals surface area contributed by atoms with Gasteiger partial charge < -0.3 is 9.63 Å². The smallest absolute Gasteiger partial charge is 0.416 e. The molecule has 0 bridgehead atoms. The van der Waals surface area contributed by atoms with Crippen molar-refractivity contribution in [2.24, 2.45) is 0 Å². The number of carboxylic acids is 1. The number of nitrogens with zero attached hydrogens (tertiary/aromatic N) is 1. The van der Waals surface area contributed by atoms with E-state index in [1.54, 1.807) is 0 Å². The fourth-order valence-corrected chi connectivity index (χ4v) is 1.61. The maximum atomic E-state index is 12.4. The number of aromatic nitrogens is 1. The largest absolute Gasteiger partial charge is 0.476 e. The quantitative estimate of drug-likeness (QED) is 0.909. The summed E-state index contributed by atoms with van der Waals surface area (Å²) in [6.07, 6.45) is -4.42. The molecule has 0 aliphatic carbocycles. The maximum Gasteiger partial charge on any atom is 0.416 e. The number of benzene rings is 1. The first kappa shape index (κ1) is 13.1. The van der Waals surface area contributed by atoms with Gasteiger partial charge in [0, 0.05) is 11.1 Å². The summed E-state index contributed by atoms with van der Waals surface area (Å²) in [7, 11) is 0. The molecule has 0 aliphatic heterocycles. The van der Waals surface area contributed by atoms with Crippen LogP contribution in [0.1, 0.15) is 21.6 Å². The monoisotopic (exact) mass is 271 g/mol. The van der Waals surface area contributed by atoms with Crippen LogP contribution in [0.25, 0.3) is 11.3 Å². The van der Waals surface area contributed by atoms with E-state index in [1.807, 2.05) is 0 Å². The third kappa shape index (κ3) is 2.44. The highest BCUT2D eigenvalue weighted by molar-refractivity contribution is 5.88. The van der Waals surface area contributed by atoms with Crippen molar-refractivity contribution in [3.63, 3.8) is 0 Å². The molecule has 0 unspecified atom stereocenters. The van der Waals surface area contributed by atoms with Gasteiger partial charge in [-0.2, -0.15) is 13.2 Å². The van der Waals surface area contributed by atoms with Crippen LogP contribution in [0.4, 0.5) is 13.2 Å². The van der Waals surface area contributed by atoms with Crippen molar-refractivity contribution in [1.82, 2.24) is 5.16 Å². The minimum Gasteiger partial charge on any atom is -0.476 e. The van der Waals surface area contributed by atoms with Crippen LogP contribution in [-0.2, 0) is 6.18 Å². The van der Waals surface area contributed by atoms with Crippen LogP contribution in [0, 0.1) is 6.92 Å². The number of carbonyl (C=O) groups is 1. The Balaban J connectivity index is 2.41. The number of alkyl halides is 3. The molecule has 7 heteroatoms. The summed E-state index contributed by atoms with van der Waals surface area (Å²) < 4.78 is 42.0. The van der Waals surface area contributed by atoms with Gasteiger partial charge in [-0.05, 0) is 19.1 Å². The van der Waals surface area contributed by atoms with Crippen LogP contribution >= 0.6 is 0 Å². The van der Waals surface area contributed by atoms with E-state index in [9.17, 15) is 18.0 Å². The summed E-state index contributed by atoms with van der Waals surface area (Å²) in [6, 6.07) is 4.22. The fraction of sp³-hybridized carbons (Fsp3) is 0.167. The molecule has 0 amide bonds. The van der Waals surface area contributed by atoms with E-state index < -0.39 is 17.7 Å². The number of hydrogen-bond donors (Lipinski definition) is 1. The average Bonchev–Trinajstić information content (AvgIpc) is 2.70. The summed E-state index contributed by atoms with van der Waals surface area (Å²) in [5, 5.41) is 12.2. The van der Waals surface area contributed by atoms with Crippen molar-refractivity contribution in [3.05, 3.63) is 41.1 Å². The van der Waals surface area contributed by atoms with Crippen molar-refractivity contribution in [2.75, 3.05) is 0 Å². The molecule has 1 heterocycles. The molecule has 0 saturated carbocycles. The van der Waals surface area contributed by atoms with Crippen LogP contribution in [-0.4, -0.2) is 16.2 Å². The van der Waals surface area contributed by atoms with Crippen LogP contribution in [0.3, 0.4) is 0 Å². The lowest BCUT2D eigenvalue weighted by molar-refractivity contribution is -0.137. The van der Waals surface area contributed by atoms with Gasteiger partial charge in [-0.15, -0.1) is 0 Å². The second-order valence-corrected chi connectivity index (χ2v) is 3.87. The summed E-state index contributed by atoms with van der Waals surface area (Å²) in [6.45, 7) is 1.48. The second kappa shape index (κ2) is 4.42. The van der Waals surface area contributed by atoms with Crippen molar-refractivity contribution >= 4 is 5.97 Å². The Bertz CT molecular complexity index is 614. The normalized spacial score (nSPS) is 11.6. The van der Waals surface area contributed by atoms with E-state index in [2.05, 4.69) is 5.16 Å². The predicted octanol–water partition coefficient (Wildman–Crippen LogP) is 3.37. The molecule has 19 heavy (non-hydrogen) atoms. The highest BCUT2D eigenvalue weighted by Crippen LogP contribution is 2.32. The Hall–Kier alpha value is -2.31. The molecule has 100 valence electrons. The fourth-order valence-electron chi connectivity index (χ4n) is 1.61. The molecule has 0 saturated heterocycles. The van der Waals surface area contributed by atoms with E-state index in [0.29, 0.717) is 5.56 Å². The molecular formula is C12H8F3NO3. The molecule has 0 aliphatic rings. The van der Waals surface area contributed by atoms with Crippen LogP contribution < -0.4 is 0 Å². The minimum atomic E-state index is -4.42. The molecule has 1 aromatic heterocycles. The average molecular weight is 271 g/mol. The lowest BCUT2D eigenvalue weighted by Gasteiger charge is -2.06. The topological polar surface area (TPSA) is 63.3 Å². The van der Waals surface area contributed by atoms with Crippen LogP contribution in [0.5, 0.6) is 0 Å². The molecule has 1 N–H and O–H groups in total. The lowest BCUT2D eigenvalue weighted by Crippen LogP contribution is -2.04. The Labute approximate surface area is 105 Å². The van der Waals surface area contributed by atoms with Gasteiger partial charge in [-0.1, -0.05) is 17.3 Å². The second-order valence-electron chi connectivity index (χ2n) is 3.87. The molecule has 2 aromatic rings. The molecule has 1 aromatic carbocycles. The van der Waals surface area contributed by atoms with Gasteiger partial charge in [0.2, 0.25) is 0 Å². The summed E-state index contributed by atoms with van der Waals surface area (Å²) in [5.74, 6) is -1.11. The standard InChI is InChI=1S/C12H8F3NO3/c1-6-9(11(17)18)16-19-10(6)7-2-4-8(5-3-7)12(13,14)15/h2-5H,1H3,(H,17,18). The Kier molecular flexibility index (Phi) is 3.05. The molecule has 0 radical (unpaired) electrons. The van der Waals surface area contributed by atoms with Gasteiger partial charge >= 0.3 is 12.1 Å². The molecule has 0 fully saturated rings. The van der Waals surface area contributed by atoms with Gasteiger partial charge in [-0.25, -0.2) is 4.79 Å². The minimum absolute atomic E-state index is 0.145. The van der Waals surface area contributed by atoms with Crippen molar-refractivity contribution in [3.8, 4) is 11.3 Å². The number of hydrogen-bond acceptors (Lipinski definition) is 3. The molecule has 0 atom stereocenters. The molecule has 2 rings (SSSR count). The lowest BCUT2D eigenvalue weighted by atomic mass is 10.1. The molecule has 0 spiro atoms. The summed E-state index contributed by atoms with van der Waals surface area (Å²) in [4.78, 5) is 10.8. The van der Waals surface area contributed by atoms with Crippen LogP contribution in [0.15, 0.2) is 28.8 Å². The zero-order valence-electron chi connectivity index (χ0n) is 9.65. The first-order valence-electron chi connectivity index (χ1n) is 5.18. The van der Waals surface area contributed by atoms with Crippen molar-refractivity contribution < 1.29 is 27.6 Å². The van der Waals surface area contributed by atoms with E-state index in [0.717, 1.165) is 12.1 Å². The number of halogens is 3. The van der Waals surface area contributed by atoms with E-state index in [4.69, 9.17) is 9.63 Å². The third-order valence-corrected chi connectivity index (χ3v) is 2.60. The van der Waals surface area contributed by atoms with Gasteiger partial charge in [0.1, 0.15) is 0 Å². The summed E-state index contributed by atoms with van der Waals surface area (Å²) in [5.41, 5.74) is -0.431. The number of carboxylic acid groups (broad SMARTS) is 1. The highest BCUT2D eigenvalue weighted by atomic mass is 19.4. The van der Waals surface area contributed by atoms with Gasteiger partial charge in [0.15, 0.2) is 11.5 Å². The SMILES string of the molecule is Cc1c(C(=O)O)noc1-c1ccc(C(F)(F)F)cc1. The summed E-state index contributed by atoms with van der Waals surface area (Å²) >= 11 is 0. The number of aromatic carboxylic acids is 1. The first-order valence-corrected chi connectivity index (χ1v) is 5.18. The first-order chi connectivity index (χ1) is 8.80. The highest BCUT2D eigenvalue weighted by Gasteiger charge is 2.30. The van der Waals surface area contributed by atoms with E-state index in [-0.39, 0.29) is 17.0 Å². The third-order valence-electron chi connectivity index (χ3n) is 2.60. The number of rotatable bonds is 2. The van der Waals surface area contributed by atoms with E-state index >= 15 is 0 Å². The molecular weight excluding hydrogens is 263 g/mol. The van der Waals surface area contributed by atoms with Crippen molar-refractivity contribution in [1.29, 1.82) is 0 Å². The Morgan fingerprint density at radius 3 is 2.26 bits per heavy atom. The van der Waals surface area contributed by atoms with Gasteiger partial charge in [-0.3, -0.25) is 0 Å². The zero-order valence-corrected chi connectivity index (χ0v) is 9.65. The predicted molar refractivity (Wildman–Crippen MR) is 58.6 cm³/mol. The molecule has 4 nitrogen and oxygen atoms in total. The van der Waals surface area contributed by atoms with Gasteiger partial charge in [0.25, 0.3) is 0 Å². The van der Waals surface area contributed by atoms with Crippen LogP contribution in [0.2, 0.25) is 0 Å². The van der Waals surface area contributed by atoms with Crippen molar-refractivity contribution in [2.45, 2.75) is 13.1 Å². The zero-order chi connectivity index (χ0) is 14.2.